The molecule has 18 heavy (non-hydrogen) atoms. The fourth-order valence-electron chi connectivity index (χ4n) is 2.51. The van der Waals surface area contributed by atoms with E-state index in [0.717, 1.165) is 12.3 Å². The van der Waals surface area contributed by atoms with Crippen LogP contribution in [0, 0.1) is 0 Å². The zero-order valence-electron chi connectivity index (χ0n) is 12.2. The van der Waals surface area contributed by atoms with Crippen molar-refractivity contribution in [2.75, 3.05) is 13.7 Å². The van der Waals surface area contributed by atoms with Crippen LogP contribution < -0.4 is 10.5 Å². The molecule has 0 spiro atoms. The normalized spacial score (nSPS) is 14.9. The lowest BCUT2D eigenvalue weighted by Gasteiger charge is -2.37. The van der Waals surface area contributed by atoms with Crippen LogP contribution in [0.5, 0.6) is 5.75 Å². The molecule has 0 aromatic heterocycles. The fourth-order valence-corrected chi connectivity index (χ4v) is 2.51. The van der Waals surface area contributed by atoms with Gasteiger partial charge in [0.15, 0.2) is 0 Å². The van der Waals surface area contributed by atoms with Crippen LogP contribution in [0.4, 0.5) is 0 Å². The number of nitrogens with two attached hydrogens (primary N) is 1. The first-order valence-corrected chi connectivity index (χ1v) is 6.66. The van der Waals surface area contributed by atoms with Crippen LogP contribution >= 0.6 is 0 Å². The van der Waals surface area contributed by atoms with Gasteiger partial charge in [0.1, 0.15) is 5.75 Å². The second-order valence-corrected chi connectivity index (χ2v) is 5.00. The molecule has 0 bridgehead atoms. The predicted octanol–water partition coefficient (Wildman–Crippen LogP) is 2.81. The van der Waals surface area contributed by atoms with Crippen molar-refractivity contribution in [2.45, 2.75) is 45.8 Å². The van der Waals surface area contributed by atoms with Gasteiger partial charge in [-0.15, -0.1) is 0 Å². The van der Waals surface area contributed by atoms with E-state index < -0.39 is 0 Å². The Balaban J connectivity index is 3.10. The molecule has 0 fully saturated rings. The molecule has 0 aliphatic rings. The molecule has 1 aromatic rings. The van der Waals surface area contributed by atoms with E-state index in [1.165, 1.54) is 5.56 Å². The van der Waals surface area contributed by atoms with Crippen LogP contribution in [-0.4, -0.2) is 30.6 Å². The maximum atomic E-state index is 6.19. The van der Waals surface area contributed by atoms with Gasteiger partial charge in [0.05, 0.1) is 7.11 Å². The maximum Gasteiger partial charge on any atom is 0.119 e. The van der Waals surface area contributed by atoms with Gasteiger partial charge in [-0.3, -0.25) is 4.90 Å². The van der Waals surface area contributed by atoms with Crippen molar-refractivity contribution < 1.29 is 4.74 Å². The highest BCUT2D eigenvalue weighted by Crippen LogP contribution is 2.27. The summed E-state index contributed by atoms with van der Waals surface area (Å²) in [6, 6.07) is 8.98. The number of hydrogen-bond acceptors (Lipinski definition) is 3. The van der Waals surface area contributed by atoms with Gasteiger partial charge in [-0.2, -0.15) is 0 Å². The summed E-state index contributed by atoms with van der Waals surface area (Å²) in [7, 11) is 1.69. The molecule has 0 amide bonds. The lowest BCUT2D eigenvalue weighted by molar-refractivity contribution is 0.144. The number of benzene rings is 1. The Bertz CT molecular complexity index is 363. The minimum atomic E-state index is 0.0828. The predicted molar refractivity (Wildman–Crippen MR) is 76.9 cm³/mol. The van der Waals surface area contributed by atoms with E-state index in [2.05, 4.69) is 44.7 Å². The molecule has 0 saturated carbocycles. The third-order valence-corrected chi connectivity index (χ3v) is 3.32. The molecule has 3 nitrogen and oxygen atoms in total. The Hall–Kier alpha value is -1.06. The summed E-state index contributed by atoms with van der Waals surface area (Å²) >= 11 is 0. The van der Waals surface area contributed by atoms with Crippen molar-refractivity contribution in [3.8, 4) is 5.75 Å². The van der Waals surface area contributed by atoms with E-state index in [1.54, 1.807) is 7.11 Å². The highest BCUT2D eigenvalue weighted by atomic mass is 16.5. The first-order chi connectivity index (χ1) is 8.51. The molecule has 1 rings (SSSR count). The van der Waals surface area contributed by atoms with Crippen molar-refractivity contribution in [2.24, 2.45) is 5.73 Å². The smallest absolute Gasteiger partial charge is 0.119 e. The molecule has 2 atom stereocenters. The minimum absolute atomic E-state index is 0.0828. The van der Waals surface area contributed by atoms with Crippen LogP contribution in [0.2, 0.25) is 0 Å². The van der Waals surface area contributed by atoms with Gasteiger partial charge in [-0.1, -0.05) is 19.1 Å². The van der Waals surface area contributed by atoms with Gasteiger partial charge in [-0.25, -0.2) is 0 Å². The molecule has 0 aliphatic heterocycles. The summed E-state index contributed by atoms with van der Waals surface area (Å²) in [5.74, 6) is 0.887. The van der Waals surface area contributed by atoms with E-state index in [1.807, 2.05) is 12.1 Å². The molecule has 1 aromatic carbocycles. The van der Waals surface area contributed by atoms with E-state index in [9.17, 15) is 0 Å². The van der Waals surface area contributed by atoms with Crippen LogP contribution in [-0.2, 0) is 0 Å². The molecule has 102 valence electrons. The molecule has 0 aliphatic carbocycles. The standard InChI is InChI=1S/C15H26N2O/c1-6-17(11(2)3)15(12(4)16)13-8-7-9-14(10-13)18-5/h7-12,15H,6,16H2,1-5H3. The van der Waals surface area contributed by atoms with Crippen LogP contribution in [0.1, 0.15) is 39.3 Å². The van der Waals surface area contributed by atoms with Gasteiger partial charge >= 0.3 is 0 Å². The summed E-state index contributed by atoms with van der Waals surface area (Å²) in [5, 5.41) is 0. The number of methoxy groups -OCH3 is 1. The zero-order chi connectivity index (χ0) is 13.7. The molecule has 2 N–H and O–H groups in total. The largest absolute Gasteiger partial charge is 0.497 e. The average Bonchev–Trinajstić information content (AvgIpc) is 2.34. The number of hydrogen-bond donors (Lipinski definition) is 1. The third kappa shape index (κ3) is 3.47. The van der Waals surface area contributed by atoms with Gasteiger partial charge < -0.3 is 10.5 Å². The average molecular weight is 250 g/mol. The van der Waals surface area contributed by atoms with Crippen molar-refractivity contribution in [3.05, 3.63) is 29.8 Å². The number of nitrogens with zero attached hydrogens (tertiary/aromatic N) is 1. The lowest BCUT2D eigenvalue weighted by Crippen LogP contribution is -2.43. The summed E-state index contributed by atoms with van der Waals surface area (Å²) in [4.78, 5) is 2.42. The maximum absolute atomic E-state index is 6.19. The first-order valence-electron chi connectivity index (χ1n) is 6.66. The molecule has 0 saturated heterocycles. The number of likely N-dealkylation sites (N-methyl/N-ethyl adjacent to an activating group) is 1. The van der Waals surface area contributed by atoms with Crippen molar-refractivity contribution in [1.29, 1.82) is 0 Å². The van der Waals surface area contributed by atoms with Gasteiger partial charge in [-0.05, 0) is 45.0 Å². The fraction of sp³-hybridized carbons (Fsp3) is 0.600. The molecule has 2 unspecified atom stereocenters. The van der Waals surface area contributed by atoms with Crippen LogP contribution in [0.3, 0.4) is 0 Å². The summed E-state index contributed by atoms with van der Waals surface area (Å²) in [6.07, 6.45) is 0. The van der Waals surface area contributed by atoms with E-state index in [4.69, 9.17) is 10.5 Å². The Labute approximate surface area is 111 Å². The minimum Gasteiger partial charge on any atom is -0.497 e. The molecule has 0 radical (unpaired) electrons. The van der Waals surface area contributed by atoms with Crippen molar-refractivity contribution in [1.82, 2.24) is 4.90 Å². The van der Waals surface area contributed by atoms with E-state index in [0.29, 0.717) is 6.04 Å². The monoisotopic (exact) mass is 250 g/mol. The molecule has 3 heteroatoms. The second kappa shape index (κ2) is 6.76. The summed E-state index contributed by atoms with van der Waals surface area (Å²) in [5.41, 5.74) is 7.41. The van der Waals surface area contributed by atoms with Gasteiger partial charge in [0, 0.05) is 18.1 Å². The third-order valence-electron chi connectivity index (χ3n) is 3.32. The Morgan fingerprint density at radius 1 is 1.28 bits per heavy atom. The second-order valence-electron chi connectivity index (χ2n) is 5.00. The molecular formula is C15H26N2O. The van der Waals surface area contributed by atoms with E-state index in [-0.39, 0.29) is 12.1 Å². The Morgan fingerprint density at radius 3 is 2.39 bits per heavy atom. The number of rotatable bonds is 6. The van der Waals surface area contributed by atoms with E-state index >= 15 is 0 Å². The quantitative estimate of drug-likeness (QED) is 0.843. The highest BCUT2D eigenvalue weighted by Gasteiger charge is 2.25. The first kappa shape index (κ1) is 15.0. The molecule has 0 heterocycles. The lowest BCUT2D eigenvalue weighted by atomic mass is 9.97. The summed E-state index contributed by atoms with van der Waals surface area (Å²) < 4.78 is 5.30. The topological polar surface area (TPSA) is 38.5 Å². The van der Waals surface area contributed by atoms with Gasteiger partial charge in [0.25, 0.3) is 0 Å². The van der Waals surface area contributed by atoms with Crippen LogP contribution in [0.15, 0.2) is 24.3 Å². The SMILES string of the molecule is CCN(C(C)C)C(c1cccc(OC)c1)C(C)N. The van der Waals surface area contributed by atoms with Crippen LogP contribution in [0.25, 0.3) is 0 Å². The van der Waals surface area contributed by atoms with Crippen molar-refractivity contribution >= 4 is 0 Å². The summed E-state index contributed by atoms with van der Waals surface area (Å²) in [6.45, 7) is 9.64. The molecular weight excluding hydrogens is 224 g/mol. The van der Waals surface area contributed by atoms with Crippen molar-refractivity contribution in [3.63, 3.8) is 0 Å². The zero-order valence-corrected chi connectivity index (χ0v) is 12.2. The number of ether oxygens (including phenoxy) is 1. The van der Waals surface area contributed by atoms with Gasteiger partial charge in [0.2, 0.25) is 0 Å². The highest BCUT2D eigenvalue weighted by molar-refractivity contribution is 5.31. The Morgan fingerprint density at radius 2 is 1.94 bits per heavy atom. The Kier molecular flexibility index (Phi) is 5.63.